The van der Waals surface area contributed by atoms with Crippen LogP contribution in [0.2, 0.25) is 0 Å². The fraction of sp³-hybridized carbons (Fsp3) is 0.250. The summed E-state index contributed by atoms with van der Waals surface area (Å²) >= 11 is 0. The van der Waals surface area contributed by atoms with Gasteiger partial charge >= 0.3 is 0 Å². The SMILES string of the molecule is C=CCCN1C=CC(c2cccnn2)C=N1. The molecule has 16 heavy (non-hydrogen) atoms. The van der Waals surface area contributed by atoms with E-state index in [0.29, 0.717) is 0 Å². The highest BCUT2D eigenvalue weighted by Crippen LogP contribution is 2.15. The lowest BCUT2D eigenvalue weighted by Crippen LogP contribution is -2.17. The molecule has 0 amide bonds. The van der Waals surface area contributed by atoms with Gasteiger partial charge in [-0.15, -0.1) is 6.58 Å². The molecule has 1 aliphatic heterocycles. The van der Waals surface area contributed by atoms with Gasteiger partial charge < -0.3 is 0 Å². The van der Waals surface area contributed by atoms with Crippen LogP contribution in [0.1, 0.15) is 18.0 Å². The number of aromatic nitrogens is 2. The van der Waals surface area contributed by atoms with Crippen LogP contribution in [0, 0.1) is 0 Å². The van der Waals surface area contributed by atoms with Crippen LogP contribution in [-0.4, -0.2) is 28.0 Å². The lowest BCUT2D eigenvalue weighted by molar-refractivity contribution is 0.400. The molecule has 1 aliphatic rings. The summed E-state index contributed by atoms with van der Waals surface area (Å²) in [4.78, 5) is 0. The number of hydrogen-bond donors (Lipinski definition) is 0. The van der Waals surface area contributed by atoms with E-state index in [4.69, 9.17) is 0 Å². The molecule has 0 aromatic carbocycles. The van der Waals surface area contributed by atoms with Gasteiger partial charge in [-0.25, -0.2) is 0 Å². The maximum absolute atomic E-state index is 4.33. The summed E-state index contributed by atoms with van der Waals surface area (Å²) in [5.74, 6) is 0.133. The zero-order chi connectivity index (χ0) is 11.2. The predicted octanol–water partition coefficient (Wildman–Crippen LogP) is 1.95. The van der Waals surface area contributed by atoms with E-state index >= 15 is 0 Å². The first-order valence-electron chi connectivity index (χ1n) is 5.27. The summed E-state index contributed by atoms with van der Waals surface area (Å²) in [7, 11) is 0. The third kappa shape index (κ3) is 2.53. The van der Waals surface area contributed by atoms with Gasteiger partial charge in [-0.1, -0.05) is 12.2 Å². The molecule has 0 fully saturated rings. The molecule has 0 saturated carbocycles. The number of allylic oxidation sites excluding steroid dienone is 1. The van der Waals surface area contributed by atoms with Crippen LogP contribution in [0.15, 0.2) is 48.4 Å². The van der Waals surface area contributed by atoms with Gasteiger partial charge in [0.05, 0.1) is 11.6 Å². The molecule has 0 bridgehead atoms. The molecule has 0 spiro atoms. The summed E-state index contributed by atoms with van der Waals surface area (Å²) in [6.45, 7) is 4.55. The lowest BCUT2D eigenvalue weighted by atomic mass is 10.1. The van der Waals surface area contributed by atoms with E-state index in [0.717, 1.165) is 18.7 Å². The zero-order valence-electron chi connectivity index (χ0n) is 9.03. The number of hydrazone groups is 1. The van der Waals surface area contributed by atoms with Crippen LogP contribution in [0.5, 0.6) is 0 Å². The molecule has 1 aromatic rings. The van der Waals surface area contributed by atoms with Crippen molar-refractivity contribution >= 4 is 6.21 Å². The average Bonchev–Trinajstić information content (AvgIpc) is 2.38. The molecule has 0 N–H and O–H groups in total. The number of rotatable bonds is 4. The van der Waals surface area contributed by atoms with Crippen LogP contribution in [0.4, 0.5) is 0 Å². The van der Waals surface area contributed by atoms with Crippen molar-refractivity contribution in [2.75, 3.05) is 6.54 Å². The molecule has 1 atom stereocenters. The molecule has 82 valence electrons. The van der Waals surface area contributed by atoms with Crippen molar-refractivity contribution in [1.29, 1.82) is 0 Å². The summed E-state index contributed by atoms with van der Waals surface area (Å²) in [5, 5.41) is 14.1. The molecule has 4 heteroatoms. The van der Waals surface area contributed by atoms with Gasteiger partial charge in [-0.05, 0) is 18.6 Å². The Balaban J connectivity index is 1.98. The first-order valence-corrected chi connectivity index (χ1v) is 5.27. The van der Waals surface area contributed by atoms with Gasteiger partial charge in [-0.3, -0.25) is 5.01 Å². The van der Waals surface area contributed by atoms with Gasteiger partial charge in [0.15, 0.2) is 0 Å². The largest absolute Gasteiger partial charge is 0.273 e. The second-order valence-electron chi connectivity index (χ2n) is 3.52. The Kier molecular flexibility index (Phi) is 3.43. The average molecular weight is 214 g/mol. The highest BCUT2D eigenvalue weighted by Gasteiger charge is 2.11. The van der Waals surface area contributed by atoms with Crippen LogP contribution in [0.25, 0.3) is 0 Å². The Morgan fingerprint density at radius 1 is 1.50 bits per heavy atom. The van der Waals surface area contributed by atoms with Crippen LogP contribution >= 0.6 is 0 Å². The normalized spacial score (nSPS) is 18.8. The second-order valence-corrected chi connectivity index (χ2v) is 3.52. The summed E-state index contributed by atoms with van der Waals surface area (Å²) < 4.78 is 0. The van der Waals surface area contributed by atoms with E-state index in [1.54, 1.807) is 6.20 Å². The Labute approximate surface area is 95.0 Å². The van der Waals surface area contributed by atoms with Crippen molar-refractivity contribution in [2.45, 2.75) is 12.3 Å². The minimum Gasteiger partial charge on any atom is -0.273 e. The fourth-order valence-corrected chi connectivity index (χ4v) is 1.46. The van der Waals surface area contributed by atoms with Crippen molar-refractivity contribution < 1.29 is 0 Å². The molecule has 0 radical (unpaired) electrons. The van der Waals surface area contributed by atoms with Gasteiger partial charge in [0.1, 0.15) is 0 Å². The van der Waals surface area contributed by atoms with E-state index in [1.165, 1.54) is 0 Å². The van der Waals surface area contributed by atoms with Gasteiger partial charge in [0.2, 0.25) is 0 Å². The standard InChI is InChI=1S/C12H14N4/c1-2-3-8-16-9-6-11(10-14-16)12-5-4-7-13-15-12/h2,4-7,9-11H,1,3,8H2. The van der Waals surface area contributed by atoms with E-state index in [-0.39, 0.29) is 5.92 Å². The van der Waals surface area contributed by atoms with Gasteiger partial charge in [0, 0.05) is 25.2 Å². The molecule has 0 aliphatic carbocycles. The quantitative estimate of drug-likeness (QED) is 0.719. The zero-order valence-corrected chi connectivity index (χ0v) is 9.03. The molecule has 2 rings (SSSR count). The maximum Gasteiger partial charge on any atom is 0.0754 e. The Morgan fingerprint density at radius 2 is 2.44 bits per heavy atom. The first kappa shape index (κ1) is 10.5. The Hall–Kier alpha value is -1.97. The summed E-state index contributed by atoms with van der Waals surface area (Å²) in [6.07, 6.45) is 10.4. The van der Waals surface area contributed by atoms with Gasteiger partial charge in [-0.2, -0.15) is 15.3 Å². The maximum atomic E-state index is 4.33. The molecule has 2 heterocycles. The molecule has 1 unspecified atom stereocenters. The van der Waals surface area contributed by atoms with Crippen LogP contribution in [0.3, 0.4) is 0 Å². The van der Waals surface area contributed by atoms with Crippen molar-refractivity contribution in [3.63, 3.8) is 0 Å². The minimum atomic E-state index is 0.133. The third-order valence-corrected chi connectivity index (χ3v) is 2.34. The third-order valence-electron chi connectivity index (χ3n) is 2.34. The Bertz CT molecular complexity index is 383. The molecule has 4 nitrogen and oxygen atoms in total. The van der Waals surface area contributed by atoms with E-state index in [1.807, 2.05) is 35.6 Å². The summed E-state index contributed by atoms with van der Waals surface area (Å²) in [5.41, 5.74) is 0.922. The minimum absolute atomic E-state index is 0.133. The Morgan fingerprint density at radius 3 is 3.06 bits per heavy atom. The topological polar surface area (TPSA) is 41.4 Å². The monoisotopic (exact) mass is 214 g/mol. The molecule has 1 aromatic heterocycles. The van der Waals surface area contributed by atoms with Gasteiger partial charge in [0.25, 0.3) is 0 Å². The van der Waals surface area contributed by atoms with Crippen molar-refractivity contribution in [1.82, 2.24) is 15.2 Å². The second kappa shape index (κ2) is 5.21. The van der Waals surface area contributed by atoms with Crippen molar-refractivity contribution in [2.24, 2.45) is 5.10 Å². The smallest absolute Gasteiger partial charge is 0.0754 e. The lowest BCUT2D eigenvalue weighted by Gasteiger charge is -2.19. The summed E-state index contributed by atoms with van der Waals surface area (Å²) in [6, 6.07) is 3.83. The highest BCUT2D eigenvalue weighted by atomic mass is 15.4. The van der Waals surface area contributed by atoms with Crippen LogP contribution < -0.4 is 0 Å². The van der Waals surface area contributed by atoms with Crippen molar-refractivity contribution in [3.05, 3.63) is 49.0 Å². The molecular weight excluding hydrogens is 200 g/mol. The van der Waals surface area contributed by atoms with E-state index in [2.05, 4.69) is 28.0 Å². The first-order chi connectivity index (χ1) is 7.90. The predicted molar refractivity (Wildman–Crippen MR) is 63.9 cm³/mol. The molecule has 0 saturated heterocycles. The highest BCUT2D eigenvalue weighted by molar-refractivity contribution is 5.70. The van der Waals surface area contributed by atoms with E-state index in [9.17, 15) is 0 Å². The number of nitrogens with zero attached hydrogens (tertiary/aromatic N) is 4. The van der Waals surface area contributed by atoms with Crippen LogP contribution in [-0.2, 0) is 0 Å². The van der Waals surface area contributed by atoms with Crippen molar-refractivity contribution in [3.8, 4) is 0 Å². The number of hydrogen-bond acceptors (Lipinski definition) is 4. The van der Waals surface area contributed by atoms with E-state index < -0.39 is 0 Å². The molecular formula is C12H14N4. The fourth-order valence-electron chi connectivity index (χ4n) is 1.46.